The van der Waals surface area contributed by atoms with E-state index in [4.69, 9.17) is 11.6 Å². The van der Waals surface area contributed by atoms with Crippen molar-refractivity contribution in [1.82, 2.24) is 20.3 Å². The van der Waals surface area contributed by atoms with Gasteiger partial charge in [0.2, 0.25) is 0 Å². The van der Waals surface area contributed by atoms with Gasteiger partial charge < -0.3 is 10.6 Å². The van der Waals surface area contributed by atoms with Gasteiger partial charge in [-0.25, -0.2) is 9.48 Å². The molecular formula is C18H18ClN5O2. The van der Waals surface area contributed by atoms with Crippen LogP contribution in [0.5, 0.6) is 0 Å². The van der Waals surface area contributed by atoms with Crippen LogP contribution < -0.4 is 16.2 Å². The summed E-state index contributed by atoms with van der Waals surface area (Å²) in [5.74, 6) is 0. The van der Waals surface area contributed by atoms with Gasteiger partial charge in [-0.3, -0.25) is 4.79 Å². The Morgan fingerprint density at radius 1 is 1.19 bits per heavy atom. The summed E-state index contributed by atoms with van der Waals surface area (Å²) in [5, 5.41) is 14.5. The molecular weight excluding hydrogens is 354 g/mol. The summed E-state index contributed by atoms with van der Waals surface area (Å²) in [6.45, 7) is 2.14. The zero-order valence-electron chi connectivity index (χ0n) is 14.1. The molecule has 2 amide bonds. The van der Waals surface area contributed by atoms with Gasteiger partial charge in [-0.15, -0.1) is 5.10 Å². The predicted octanol–water partition coefficient (Wildman–Crippen LogP) is 3.05. The maximum absolute atomic E-state index is 12.5. The maximum Gasteiger partial charge on any atom is 0.319 e. The van der Waals surface area contributed by atoms with Gasteiger partial charge in [0.15, 0.2) is 0 Å². The predicted molar refractivity (Wildman–Crippen MR) is 101 cm³/mol. The summed E-state index contributed by atoms with van der Waals surface area (Å²) in [7, 11) is 0. The molecule has 1 heterocycles. The molecule has 0 spiro atoms. The molecule has 2 N–H and O–H groups in total. The maximum atomic E-state index is 12.5. The van der Waals surface area contributed by atoms with E-state index in [1.165, 1.54) is 4.68 Å². The number of anilines is 1. The van der Waals surface area contributed by atoms with Gasteiger partial charge in [0.05, 0.1) is 28.7 Å². The van der Waals surface area contributed by atoms with Crippen molar-refractivity contribution in [3.05, 3.63) is 63.9 Å². The molecule has 0 bridgehead atoms. The first-order chi connectivity index (χ1) is 12.6. The highest BCUT2D eigenvalue weighted by Gasteiger charge is 2.15. The Labute approximate surface area is 155 Å². The van der Waals surface area contributed by atoms with Crippen LogP contribution in [0, 0.1) is 0 Å². The number of hydrogen-bond donors (Lipinski definition) is 2. The monoisotopic (exact) mass is 371 g/mol. The van der Waals surface area contributed by atoms with Crippen LogP contribution in [0.4, 0.5) is 10.5 Å². The first-order valence-electron chi connectivity index (χ1n) is 8.23. The lowest BCUT2D eigenvalue weighted by Crippen LogP contribution is -2.42. The lowest BCUT2D eigenvalue weighted by Gasteiger charge is -2.18. The van der Waals surface area contributed by atoms with Crippen molar-refractivity contribution >= 4 is 34.2 Å². The zero-order chi connectivity index (χ0) is 18.5. The Hall–Kier alpha value is -2.93. The minimum absolute atomic E-state index is 0.225. The standard InChI is InChI=1S/C18H18ClN5O2/c1-2-12(20-18(26)21-16-10-6-4-8-14(16)19)11-24-17(25)13-7-3-5-9-15(13)22-23-24/h3-10,12H,2,11H2,1H3,(H2,20,21,26). The van der Waals surface area contributed by atoms with Gasteiger partial charge in [0.1, 0.15) is 5.52 Å². The van der Waals surface area contributed by atoms with Crippen molar-refractivity contribution in [2.45, 2.75) is 25.9 Å². The number of amides is 2. The minimum atomic E-state index is -0.397. The molecule has 8 heteroatoms. The highest BCUT2D eigenvalue weighted by Crippen LogP contribution is 2.20. The van der Waals surface area contributed by atoms with Gasteiger partial charge in [-0.2, -0.15) is 0 Å². The number of carbonyl (C=O) groups is 1. The molecule has 3 aromatic rings. The lowest BCUT2D eigenvalue weighted by atomic mass is 10.2. The fraction of sp³-hybridized carbons (Fsp3) is 0.222. The largest absolute Gasteiger partial charge is 0.333 e. The van der Waals surface area contributed by atoms with Crippen molar-refractivity contribution in [2.75, 3.05) is 5.32 Å². The molecule has 1 unspecified atom stereocenters. The second-order valence-electron chi connectivity index (χ2n) is 5.78. The summed E-state index contributed by atoms with van der Waals surface area (Å²) < 4.78 is 1.27. The fourth-order valence-electron chi connectivity index (χ4n) is 2.53. The third-order valence-corrected chi connectivity index (χ3v) is 4.30. The second-order valence-corrected chi connectivity index (χ2v) is 6.18. The smallest absolute Gasteiger partial charge is 0.319 e. The summed E-state index contributed by atoms with van der Waals surface area (Å²) in [6.07, 6.45) is 0.622. The van der Waals surface area contributed by atoms with E-state index in [-0.39, 0.29) is 18.1 Å². The normalized spacial score (nSPS) is 11.9. The zero-order valence-corrected chi connectivity index (χ0v) is 14.9. The molecule has 0 aliphatic rings. The first kappa shape index (κ1) is 17.9. The van der Waals surface area contributed by atoms with Crippen LogP contribution in [-0.4, -0.2) is 27.1 Å². The van der Waals surface area contributed by atoms with Gasteiger partial charge >= 0.3 is 6.03 Å². The van der Waals surface area contributed by atoms with Crippen LogP contribution in [0.2, 0.25) is 5.02 Å². The summed E-state index contributed by atoms with van der Waals surface area (Å²) in [5.41, 5.74) is 0.831. The number of carbonyl (C=O) groups excluding carboxylic acids is 1. The van der Waals surface area contributed by atoms with Gasteiger partial charge in [-0.1, -0.05) is 48.0 Å². The minimum Gasteiger partial charge on any atom is -0.333 e. The summed E-state index contributed by atoms with van der Waals surface area (Å²) in [6, 6.07) is 13.3. The van der Waals surface area contributed by atoms with E-state index in [2.05, 4.69) is 20.9 Å². The fourth-order valence-corrected chi connectivity index (χ4v) is 2.72. The van der Waals surface area contributed by atoms with Crippen LogP contribution in [0.25, 0.3) is 10.9 Å². The highest BCUT2D eigenvalue weighted by molar-refractivity contribution is 6.33. The lowest BCUT2D eigenvalue weighted by molar-refractivity contribution is 0.245. The number of hydrogen-bond acceptors (Lipinski definition) is 4. The van der Waals surface area contributed by atoms with Crippen molar-refractivity contribution in [1.29, 1.82) is 0 Å². The summed E-state index contributed by atoms with van der Waals surface area (Å²) in [4.78, 5) is 24.7. The number of fused-ring (bicyclic) bond motifs is 1. The van der Waals surface area contributed by atoms with E-state index >= 15 is 0 Å². The Morgan fingerprint density at radius 2 is 1.92 bits per heavy atom. The van der Waals surface area contributed by atoms with Crippen molar-refractivity contribution < 1.29 is 4.79 Å². The molecule has 1 aromatic heterocycles. The Morgan fingerprint density at radius 3 is 2.69 bits per heavy atom. The number of para-hydroxylation sites is 1. The van der Waals surface area contributed by atoms with Gasteiger partial charge in [0.25, 0.3) is 5.56 Å². The Bertz CT molecular complexity index is 988. The molecule has 2 aromatic carbocycles. The molecule has 1 atom stereocenters. The number of benzene rings is 2. The molecule has 0 aliphatic heterocycles. The molecule has 0 radical (unpaired) electrons. The Kier molecular flexibility index (Phi) is 5.48. The number of urea groups is 1. The number of nitrogens with one attached hydrogen (secondary N) is 2. The van der Waals surface area contributed by atoms with Crippen molar-refractivity contribution in [3.63, 3.8) is 0 Å². The van der Waals surface area contributed by atoms with Crippen LogP contribution in [0.1, 0.15) is 13.3 Å². The highest BCUT2D eigenvalue weighted by atomic mass is 35.5. The molecule has 0 saturated heterocycles. The number of nitrogens with zero attached hydrogens (tertiary/aromatic N) is 3. The average Bonchev–Trinajstić information content (AvgIpc) is 2.65. The van der Waals surface area contributed by atoms with E-state index in [1.54, 1.807) is 48.5 Å². The first-order valence-corrected chi connectivity index (χ1v) is 8.61. The van der Waals surface area contributed by atoms with Gasteiger partial charge in [0, 0.05) is 0 Å². The molecule has 0 saturated carbocycles. The Balaban J connectivity index is 1.72. The van der Waals surface area contributed by atoms with E-state index in [0.29, 0.717) is 28.0 Å². The van der Waals surface area contributed by atoms with Crippen LogP contribution in [-0.2, 0) is 6.54 Å². The average molecular weight is 372 g/mol. The molecule has 3 rings (SSSR count). The number of aromatic nitrogens is 3. The third kappa shape index (κ3) is 4.00. The van der Waals surface area contributed by atoms with Gasteiger partial charge in [-0.05, 0) is 30.7 Å². The van der Waals surface area contributed by atoms with Crippen LogP contribution >= 0.6 is 11.6 Å². The van der Waals surface area contributed by atoms with E-state index in [1.807, 2.05) is 6.92 Å². The number of halogens is 1. The van der Waals surface area contributed by atoms with Crippen molar-refractivity contribution in [3.8, 4) is 0 Å². The second kappa shape index (κ2) is 7.97. The third-order valence-electron chi connectivity index (χ3n) is 3.97. The SMILES string of the molecule is CCC(Cn1nnc2ccccc2c1=O)NC(=O)Nc1ccccc1Cl. The van der Waals surface area contributed by atoms with E-state index in [9.17, 15) is 9.59 Å². The molecule has 134 valence electrons. The summed E-state index contributed by atoms with van der Waals surface area (Å²) >= 11 is 6.04. The quantitative estimate of drug-likeness (QED) is 0.721. The molecule has 0 fully saturated rings. The molecule has 26 heavy (non-hydrogen) atoms. The van der Waals surface area contributed by atoms with Crippen LogP contribution in [0.3, 0.4) is 0 Å². The van der Waals surface area contributed by atoms with E-state index < -0.39 is 6.03 Å². The number of rotatable bonds is 5. The van der Waals surface area contributed by atoms with Crippen LogP contribution in [0.15, 0.2) is 53.3 Å². The van der Waals surface area contributed by atoms with Crippen molar-refractivity contribution in [2.24, 2.45) is 0 Å². The topological polar surface area (TPSA) is 88.9 Å². The van der Waals surface area contributed by atoms with E-state index in [0.717, 1.165) is 0 Å². The molecule has 0 aliphatic carbocycles. The molecule has 7 nitrogen and oxygen atoms in total.